The molecule has 1 aliphatic carbocycles. The topological polar surface area (TPSA) is 157 Å². The van der Waals surface area contributed by atoms with Gasteiger partial charge in [0.2, 0.25) is 11.8 Å². The minimum atomic E-state index is -0.741. The van der Waals surface area contributed by atoms with Crippen LogP contribution in [0.4, 0.5) is 11.4 Å². The van der Waals surface area contributed by atoms with Crippen LogP contribution in [0, 0.1) is 5.92 Å². The SMILES string of the molecule is COC(=O)[C@H](C)CCC(=O)Nc1ccc(NC(=O)CN[C@H](C)C(=O)OC)c2c1C(=O)c1ccccc1C2=O. The Hall–Kier alpha value is -4.38. The molecule has 0 fully saturated rings. The first-order chi connectivity index (χ1) is 18.1. The number of esters is 2. The highest BCUT2D eigenvalue weighted by Crippen LogP contribution is 2.36. The Bertz CT molecular complexity index is 1210. The Balaban J connectivity index is 1.90. The lowest BCUT2D eigenvalue weighted by Crippen LogP contribution is -2.40. The van der Waals surface area contributed by atoms with Crippen LogP contribution in [-0.2, 0) is 28.7 Å². The Morgan fingerprint density at radius 2 is 1.26 bits per heavy atom. The van der Waals surface area contributed by atoms with Crippen molar-refractivity contribution in [2.24, 2.45) is 5.92 Å². The molecular weight excluding hydrogens is 494 g/mol. The van der Waals surface area contributed by atoms with Crippen molar-refractivity contribution in [2.45, 2.75) is 32.7 Å². The zero-order valence-corrected chi connectivity index (χ0v) is 21.5. The fraction of sp³-hybridized carbons (Fsp3) is 0.333. The number of amides is 2. The van der Waals surface area contributed by atoms with E-state index in [-0.39, 0.29) is 53.0 Å². The second-order valence-electron chi connectivity index (χ2n) is 8.80. The molecule has 0 spiro atoms. The van der Waals surface area contributed by atoms with Crippen LogP contribution in [0.25, 0.3) is 0 Å². The van der Waals surface area contributed by atoms with Crippen molar-refractivity contribution >= 4 is 46.7 Å². The van der Waals surface area contributed by atoms with Gasteiger partial charge in [0, 0.05) is 17.5 Å². The molecule has 38 heavy (non-hydrogen) atoms. The number of nitrogens with one attached hydrogen (secondary N) is 3. The number of methoxy groups -OCH3 is 2. The summed E-state index contributed by atoms with van der Waals surface area (Å²) >= 11 is 0. The largest absolute Gasteiger partial charge is 0.469 e. The third-order valence-corrected chi connectivity index (χ3v) is 6.16. The number of hydrogen-bond acceptors (Lipinski definition) is 9. The average molecular weight is 524 g/mol. The van der Waals surface area contributed by atoms with Crippen molar-refractivity contribution in [3.05, 3.63) is 58.7 Å². The third-order valence-electron chi connectivity index (χ3n) is 6.16. The smallest absolute Gasteiger partial charge is 0.322 e. The van der Waals surface area contributed by atoms with E-state index in [9.17, 15) is 28.8 Å². The summed E-state index contributed by atoms with van der Waals surface area (Å²) in [5.41, 5.74) is 0.451. The summed E-state index contributed by atoms with van der Waals surface area (Å²) < 4.78 is 9.29. The number of fused-ring (bicyclic) bond motifs is 2. The molecule has 0 heterocycles. The molecule has 0 aliphatic heterocycles. The van der Waals surface area contributed by atoms with Gasteiger partial charge in [-0.2, -0.15) is 0 Å². The summed E-state index contributed by atoms with van der Waals surface area (Å²) in [6.45, 7) is 2.91. The molecule has 11 heteroatoms. The number of hydrogen-bond donors (Lipinski definition) is 3. The molecule has 2 amide bonds. The van der Waals surface area contributed by atoms with Crippen molar-refractivity contribution in [3.63, 3.8) is 0 Å². The van der Waals surface area contributed by atoms with Gasteiger partial charge in [0.15, 0.2) is 11.6 Å². The number of carbonyl (C=O) groups is 6. The average Bonchev–Trinajstić information content (AvgIpc) is 2.92. The lowest BCUT2D eigenvalue weighted by atomic mass is 9.82. The number of anilines is 2. The van der Waals surface area contributed by atoms with Gasteiger partial charge in [0.1, 0.15) is 6.04 Å². The molecule has 0 aromatic heterocycles. The first kappa shape index (κ1) is 28.2. The first-order valence-electron chi connectivity index (χ1n) is 11.9. The summed E-state index contributed by atoms with van der Waals surface area (Å²) in [5, 5.41) is 7.99. The highest BCUT2D eigenvalue weighted by molar-refractivity contribution is 6.32. The molecule has 200 valence electrons. The molecule has 11 nitrogen and oxygen atoms in total. The van der Waals surface area contributed by atoms with E-state index in [4.69, 9.17) is 0 Å². The summed E-state index contributed by atoms with van der Waals surface area (Å²) in [4.78, 5) is 75.4. The van der Waals surface area contributed by atoms with Crippen LogP contribution < -0.4 is 16.0 Å². The van der Waals surface area contributed by atoms with Crippen LogP contribution in [0.2, 0.25) is 0 Å². The van der Waals surface area contributed by atoms with Crippen molar-refractivity contribution in [3.8, 4) is 0 Å². The zero-order chi connectivity index (χ0) is 28.0. The Labute approximate surface area is 219 Å². The van der Waals surface area contributed by atoms with E-state index in [0.29, 0.717) is 0 Å². The van der Waals surface area contributed by atoms with Crippen LogP contribution in [0.3, 0.4) is 0 Å². The van der Waals surface area contributed by atoms with E-state index >= 15 is 0 Å². The standard InChI is InChI=1S/C27H29N3O8/c1-14(26(35)37-3)9-12-20(31)29-18-10-11-19(30-21(32)13-28-15(2)27(36)38-4)23-22(18)24(33)16-7-5-6-8-17(16)25(23)34/h5-8,10-11,14-15,28H,9,12-13H2,1-4H3,(H,29,31)(H,30,32)/t14-,15-/m1/s1. The first-order valence-corrected chi connectivity index (χ1v) is 11.9. The van der Waals surface area contributed by atoms with Crippen LogP contribution in [0.1, 0.15) is 58.5 Å². The molecule has 0 saturated heterocycles. The van der Waals surface area contributed by atoms with E-state index in [1.54, 1.807) is 19.1 Å². The van der Waals surface area contributed by atoms with Gasteiger partial charge in [-0.1, -0.05) is 31.2 Å². The summed E-state index contributed by atoms with van der Waals surface area (Å²) in [6.07, 6.45) is 0.202. The molecule has 2 aromatic carbocycles. The highest BCUT2D eigenvalue weighted by atomic mass is 16.5. The molecule has 3 rings (SSSR count). The molecule has 0 unspecified atom stereocenters. The number of ketones is 2. The van der Waals surface area contributed by atoms with E-state index in [1.165, 1.54) is 45.4 Å². The fourth-order valence-electron chi connectivity index (χ4n) is 4.01. The van der Waals surface area contributed by atoms with Gasteiger partial charge in [0.25, 0.3) is 0 Å². The van der Waals surface area contributed by atoms with Gasteiger partial charge < -0.3 is 20.1 Å². The Morgan fingerprint density at radius 3 is 1.76 bits per heavy atom. The number of benzene rings is 2. The summed E-state index contributed by atoms with van der Waals surface area (Å²) in [6, 6.07) is 8.40. The highest BCUT2D eigenvalue weighted by Gasteiger charge is 2.34. The van der Waals surface area contributed by atoms with E-state index < -0.39 is 47.3 Å². The molecular formula is C27H29N3O8. The second kappa shape index (κ2) is 12.2. The predicted octanol–water partition coefficient (Wildman–Crippen LogP) is 2.08. The lowest BCUT2D eigenvalue weighted by Gasteiger charge is -2.23. The van der Waals surface area contributed by atoms with Gasteiger partial charge in [-0.3, -0.25) is 34.1 Å². The lowest BCUT2D eigenvalue weighted by molar-refractivity contribution is -0.145. The molecule has 2 aromatic rings. The van der Waals surface area contributed by atoms with Gasteiger partial charge in [0.05, 0.1) is 49.2 Å². The van der Waals surface area contributed by atoms with Crippen LogP contribution >= 0.6 is 0 Å². The fourth-order valence-corrected chi connectivity index (χ4v) is 4.01. The van der Waals surface area contributed by atoms with E-state index in [0.717, 1.165) is 0 Å². The molecule has 1 aliphatic rings. The Morgan fingerprint density at radius 1 is 0.763 bits per heavy atom. The maximum atomic E-state index is 13.5. The van der Waals surface area contributed by atoms with E-state index in [2.05, 4.69) is 25.4 Å². The number of rotatable bonds is 10. The maximum Gasteiger partial charge on any atom is 0.322 e. The summed E-state index contributed by atoms with van der Waals surface area (Å²) in [7, 11) is 2.50. The Kier molecular flexibility index (Phi) is 9.08. The van der Waals surface area contributed by atoms with Crippen LogP contribution in [-0.4, -0.2) is 62.1 Å². The van der Waals surface area contributed by atoms with Gasteiger partial charge in [-0.05, 0) is 25.5 Å². The van der Waals surface area contributed by atoms with Gasteiger partial charge in [-0.15, -0.1) is 0 Å². The van der Waals surface area contributed by atoms with Crippen molar-refractivity contribution in [1.29, 1.82) is 0 Å². The summed E-state index contributed by atoms with van der Waals surface area (Å²) in [5.74, 6) is -3.48. The minimum absolute atomic E-state index is 0.0215. The zero-order valence-electron chi connectivity index (χ0n) is 21.5. The number of ether oxygens (including phenoxy) is 2. The molecule has 0 saturated carbocycles. The van der Waals surface area contributed by atoms with E-state index in [1.807, 2.05) is 0 Å². The number of carbonyl (C=O) groups excluding carboxylic acids is 6. The van der Waals surface area contributed by atoms with Crippen LogP contribution in [0.5, 0.6) is 0 Å². The van der Waals surface area contributed by atoms with Gasteiger partial charge in [-0.25, -0.2) is 0 Å². The maximum absolute atomic E-state index is 13.5. The monoisotopic (exact) mass is 523 g/mol. The molecule has 0 radical (unpaired) electrons. The second-order valence-corrected chi connectivity index (χ2v) is 8.80. The molecule has 3 N–H and O–H groups in total. The molecule has 0 bridgehead atoms. The van der Waals surface area contributed by atoms with Gasteiger partial charge >= 0.3 is 11.9 Å². The predicted molar refractivity (Wildman–Crippen MR) is 137 cm³/mol. The minimum Gasteiger partial charge on any atom is -0.469 e. The van der Waals surface area contributed by atoms with Crippen molar-refractivity contribution in [2.75, 3.05) is 31.4 Å². The van der Waals surface area contributed by atoms with Crippen LogP contribution in [0.15, 0.2) is 36.4 Å². The molecule has 2 atom stereocenters. The normalized spacial score (nSPS) is 13.5. The van der Waals surface area contributed by atoms with Crippen molar-refractivity contribution < 1.29 is 38.2 Å². The quantitative estimate of drug-likeness (QED) is 0.339. The van der Waals surface area contributed by atoms with Crippen molar-refractivity contribution in [1.82, 2.24) is 5.32 Å². The third kappa shape index (κ3) is 6.12.